The second-order valence-corrected chi connectivity index (χ2v) is 26.4. The molecule has 32 heavy (non-hydrogen) atoms. The molecule has 6 heteroatoms. The van der Waals surface area contributed by atoms with Crippen LogP contribution < -0.4 is 0 Å². The van der Waals surface area contributed by atoms with Gasteiger partial charge in [0.2, 0.25) is 0 Å². The molecule has 0 nitrogen and oxygen atoms in total. The van der Waals surface area contributed by atoms with Gasteiger partial charge in [0.15, 0.2) is 0 Å². The zero-order valence-electron chi connectivity index (χ0n) is 19.1. The van der Waals surface area contributed by atoms with E-state index in [2.05, 4.69) is 40.8 Å². The van der Waals surface area contributed by atoms with Crippen molar-refractivity contribution in [3.05, 3.63) is 96.4 Å². The van der Waals surface area contributed by atoms with E-state index in [1.807, 2.05) is 30.3 Å². The molecule has 0 fully saturated rings. The summed E-state index contributed by atoms with van der Waals surface area (Å²) in [5, 5.41) is 0. The summed E-state index contributed by atoms with van der Waals surface area (Å²) in [6.45, 7) is 13.5. The van der Waals surface area contributed by atoms with Crippen molar-refractivity contribution in [2.75, 3.05) is 0 Å². The van der Waals surface area contributed by atoms with Crippen LogP contribution >= 0.6 is 0 Å². The molecule has 2 aliphatic carbocycles. The van der Waals surface area contributed by atoms with E-state index in [9.17, 15) is 17.6 Å². The predicted molar refractivity (Wildman–Crippen MR) is 120 cm³/mol. The van der Waals surface area contributed by atoms with E-state index in [0.717, 1.165) is 5.56 Å². The number of hydrogen-bond donors (Lipinski definition) is 0. The number of hydrogen-bond acceptors (Lipinski definition) is 0. The first kappa shape index (κ1) is 23.6. The van der Waals surface area contributed by atoms with Crippen molar-refractivity contribution in [1.29, 1.82) is 0 Å². The van der Waals surface area contributed by atoms with Gasteiger partial charge in [-0.05, 0) is 0 Å². The molecule has 0 spiro atoms. The summed E-state index contributed by atoms with van der Waals surface area (Å²) < 4.78 is 59.4. The minimum atomic E-state index is -2.38. The van der Waals surface area contributed by atoms with Crippen molar-refractivity contribution in [3.8, 4) is 0 Å². The van der Waals surface area contributed by atoms with Gasteiger partial charge in [0, 0.05) is 0 Å². The average Bonchev–Trinajstić information content (AvgIpc) is 3.20. The molecule has 2 atom stereocenters. The van der Waals surface area contributed by atoms with E-state index in [-0.39, 0.29) is 15.3 Å². The monoisotopic (exact) mass is 532 g/mol. The maximum atomic E-state index is 14.8. The van der Waals surface area contributed by atoms with Gasteiger partial charge >= 0.3 is 196 Å². The summed E-state index contributed by atoms with van der Waals surface area (Å²) >= 11 is -2.38. The first-order valence-electron chi connectivity index (χ1n) is 10.8. The van der Waals surface area contributed by atoms with Crippen LogP contribution in [0.15, 0.2) is 56.4 Å². The molecule has 2 aromatic carbocycles. The Balaban J connectivity index is 1.98. The third-order valence-electron chi connectivity index (χ3n) is 7.08. The van der Waals surface area contributed by atoms with Crippen LogP contribution in [0.4, 0.5) is 17.6 Å². The Morgan fingerprint density at radius 2 is 1.47 bits per heavy atom. The second kappa shape index (κ2) is 8.68. The fourth-order valence-corrected chi connectivity index (χ4v) is 24.9. The molecule has 2 unspecified atom stereocenters. The summed E-state index contributed by atoms with van der Waals surface area (Å²) in [7, 11) is 0. The number of allylic oxidation sites excluding steroid dienone is 5. The molecule has 0 aliphatic heterocycles. The molecular weight excluding hydrogens is 508 g/mol. The van der Waals surface area contributed by atoms with Gasteiger partial charge in [-0.3, -0.25) is 0 Å². The zero-order valence-corrected chi connectivity index (χ0v) is 22.6. The van der Waals surface area contributed by atoms with Crippen LogP contribution in [0.25, 0.3) is 5.57 Å². The van der Waals surface area contributed by atoms with Crippen LogP contribution in [-0.2, 0) is 20.4 Å². The van der Waals surface area contributed by atoms with Gasteiger partial charge in [-0.2, -0.15) is 0 Å². The Hall–Kier alpha value is -1.52. The number of halogens is 4. The van der Waals surface area contributed by atoms with Crippen molar-refractivity contribution >= 4 is 11.0 Å². The topological polar surface area (TPSA) is 0 Å². The molecule has 0 radical (unpaired) electrons. The fraction of sp³-hybridized carbons (Fsp3) is 0.308. The fourth-order valence-electron chi connectivity index (χ4n) is 5.17. The Kier molecular flexibility index (Phi) is 6.41. The SMILES string of the molecule is CC1=C(C)C(C)[C]([Zr]([CH]2C=C(c3c(F)c(F)cc(F)c3F)c3ccccc32)=[Si](C)C)=C1C. The van der Waals surface area contributed by atoms with Gasteiger partial charge in [-0.15, -0.1) is 0 Å². The summed E-state index contributed by atoms with van der Waals surface area (Å²) in [5.74, 6) is -5.00. The van der Waals surface area contributed by atoms with E-state index in [0.29, 0.717) is 11.5 Å². The molecule has 0 N–H and O–H groups in total. The maximum absolute atomic E-state index is 14.8. The Labute approximate surface area is 195 Å². The quantitative estimate of drug-likeness (QED) is 0.214. The van der Waals surface area contributed by atoms with Gasteiger partial charge < -0.3 is 0 Å². The standard InChI is InChI=1S/C15H7F4.C9H13.C2H6Si.Zr/c16-11-7-12(17)15(19)13(14(11)18)10-6-5-8-3-1-2-4-9(8)10;1-6-5-7(2)9(4)8(6)3;1-3-2;/h1-7H;6H,1-4H3;1-2H3;. The molecule has 0 heterocycles. The van der Waals surface area contributed by atoms with Crippen LogP contribution in [0.1, 0.15) is 48.0 Å². The molecule has 0 aromatic heterocycles. The predicted octanol–water partition coefficient (Wildman–Crippen LogP) is 7.86. The number of rotatable bonds is 3. The average molecular weight is 534 g/mol. The van der Waals surface area contributed by atoms with E-state index >= 15 is 0 Å². The zero-order chi connectivity index (χ0) is 23.5. The van der Waals surface area contributed by atoms with Gasteiger partial charge in [0.1, 0.15) is 0 Å². The van der Waals surface area contributed by atoms with Crippen LogP contribution in [0.5, 0.6) is 0 Å². The summed E-state index contributed by atoms with van der Waals surface area (Å²) in [4.78, 5) is 0. The van der Waals surface area contributed by atoms with Crippen molar-refractivity contribution in [1.82, 2.24) is 0 Å². The van der Waals surface area contributed by atoms with E-state index in [4.69, 9.17) is 0 Å². The van der Waals surface area contributed by atoms with Crippen LogP contribution in [0.3, 0.4) is 0 Å². The third kappa shape index (κ3) is 3.58. The molecule has 0 bridgehead atoms. The van der Waals surface area contributed by atoms with Gasteiger partial charge in [0.25, 0.3) is 0 Å². The van der Waals surface area contributed by atoms with Crippen LogP contribution in [0, 0.1) is 29.2 Å². The third-order valence-corrected chi connectivity index (χ3v) is 25.7. The molecule has 2 aliphatic rings. The molecule has 4 rings (SSSR count). The summed E-state index contributed by atoms with van der Waals surface area (Å²) in [6.07, 6.45) is 1.92. The van der Waals surface area contributed by atoms with Gasteiger partial charge in [-0.1, -0.05) is 0 Å². The second-order valence-electron chi connectivity index (χ2n) is 8.97. The van der Waals surface area contributed by atoms with Crippen LogP contribution in [-0.4, -0.2) is 5.43 Å². The first-order chi connectivity index (χ1) is 15.1. The van der Waals surface area contributed by atoms with Gasteiger partial charge in [0.05, 0.1) is 0 Å². The van der Waals surface area contributed by atoms with Crippen molar-refractivity contribution in [2.45, 2.75) is 44.4 Å². The Morgan fingerprint density at radius 3 is 2.00 bits per heavy atom. The number of benzene rings is 2. The van der Waals surface area contributed by atoms with Crippen molar-refractivity contribution in [2.24, 2.45) is 5.92 Å². The first-order valence-corrected chi connectivity index (χ1v) is 19.6. The summed E-state index contributed by atoms with van der Waals surface area (Å²) in [5.41, 5.74) is 4.86. The molecule has 0 saturated heterocycles. The molecule has 0 amide bonds. The normalized spacial score (nSPS) is 20.1. The Bertz CT molecular complexity index is 1250. The van der Waals surface area contributed by atoms with E-state index in [1.54, 1.807) is 3.28 Å². The van der Waals surface area contributed by atoms with Crippen molar-refractivity contribution < 1.29 is 37.9 Å². The van der Waals surface area contributed by atoms with E-state index < -0.39 is 54.6 Å². The molecule has 2 aromatic rings. The molecular formula is C26H26F4SiZr. The number of fused-ring (bicyclic) bond motifs is 1. The van der Waals surface area contributed by atoms with Gasteiger partial charge in [-0.25, -0.2) is 0 Å². The van der Waals surface area contributed by atoms with Crippen molar-refractivity contribution in [3.63, 3.8) is 0 Å². The van der Waals surface area contributed by atoms with E-state index in [1.165, 1.54) is 16.7 Å². The summed E-state index contributed by atoms with van der Waals surface area (Å²) in [6, 6.07) is 7.86. The minimum absolute atomic E-state index is 0.0868. The molecule has 166 valence electrons. The van der Waals surface area contributed by atoms with Crippen LogP contribution in [0.2, 0.25) is 13.1 Å². The molecule has 0 saturated carbocycles. The Morgan fingerprint density at radius 1 is 0.875 bits per heavy atom.